The van der Waals surface area contributed by atoms with Gasteiger partial charge in [-0.2, -0.15) is 15.2 Å². The van der Waals surface area contributed by atoms with Crippen molar-refractivity contribution in [2.75, 3.05) is 69.7 Å². The number of esters is 2. The van der Waals surface area contributed by atoms with Crippen LogP contribution in [0.15, 0.2) is 47.3 Å². The summed E-state index contributed by atoms with van der Waals surface area (Å²) in [5.41, 5.74) is 5.62. The summed E-state index contributed by atoms with van der Waals surface area (Å²) in [5.74, 6) is -4.99. The Morgan fingerprint density at radius 1 is 1.01 bits per heavy atom. The fraction of sp³-hybridized carbons (Fsp3) is 0.424. The molecule has 0 bridgehead atoms. The molecule has 4 saturated heterocycles. The summed E-state index contributed by atoms with van der Waals surface area (Å²) < 4.78 is 88.6. The number of ether oxygens (including phenoxy) is 4. The number of aliphatic hydroxyl groups excluding tert-OH is 1. The number of halogens is 5. The quantitative estimate of drug-likeness (QED) is 0.0424. The van der Waals surface area contributed by atoms with E-state index in [4.69, 9.17) is 46.3 Å². The van der Waals surface area contributed by atoms with Crippen molar-refractivity contribution in [1.82, 2.24) is 39.5 Å². The van der Waals surface area contributed by atoms with Crippen molar-refractivity contribution in [2.24, 2.45) is 0 Å². The maximum atomic E-state index is 17.6. The predicted molar refractivity (Wildman–Crippen MR) is 336 cm³/mol. The van der Waals surface area contributed by atoms with E-state index in [1.807, 2.05) is 17.9 Å². The number of nitrogen functional groups attached to an aromatic ring is 1. The van der Waals surface area contributed by atoms with Gasteiger partial charge in [0.1, 0.15) is 72.7 Å². The molecule has 7 aliphatic rings. The van der Waals surface area contributed by atoms with Crippen LogP contribution in [0.25, 0.3) is 54.4 Å². The third kappa shape index (κ3) is 9.86. The molecule has 94 heavy (non-hydrogen) atoms. The third-order valence-electron chi connectivity index (χ3n) is 20.0. The molecule has 3 amide bonds. The van der Waals surface area contributed by atoms with E-state index in [0.29, 0.717) is 59.9 Å². The van der Waals surface area contributed by atoms with Gasteiger partial charge in [-0.3, -0.25) is 24.2 Å². The number of aliphatic hydroxyl groups is 1. The molecule has 3 aromatic carbocycles. The van der Waals surface area contributed by atoms with E-state index >= 15 is 13.2 Å². The number of aromatic nitrogens is 4. The van der Waals surface area contributed by atoms with E-state index in [2.05, 4.69) is 21.8 Å². The van der Waals surface area contributed by atoms with E-state index in [0.717, 1.165) is 28.7 Å². The van der Waals surface area contributed by atoms with Gasteiger partial charge in [-0.15, -0.1) is 11.3 Å². The molecule has 14 rings (SSSR count). The van der Waals surface area contributed by atoms with Crippen molar-refractivity contribution in [3.63, 3.8) is 0 Å². The lowest BCUT2D eigenvalue weighted by molar-refractivity contribution is -0.191. The van der Waals surface area contributed by atoms with Crippen LogP contribution in [0, 0.1) is 35.7 Å². The molecule has 488 valence electrons. The number of hydrogen-bond donors (Lipinski definition) is 3. The Bertz CT molecular complexity index is 4620. The summed E-state index contributed by atoms with van der Waals surface area (Å²) in [5, 5.41) is 23.5. The number of anilines is 2. The van der Waals surface area contributed by atoms with Crippen LogP contribution in [0.1, 0.15) is 104 Å². The van der Waals surface area contributed by atoms with E-state index in [1.165, 1.54) is 27.7 Å². The number of likely N-dealkylation sites (tertiary alicyclic amines) is 1. The highest BCUT2D eigenvalue weighted by atomic mass is 35.5. The second kappa shape index (κ2) is 23.5. The first-order chi connectivity index (χ1) is 45.1. The van der Waals surface area contributed by atoms with Crippen molar-refractivity contribution < 1.29 is 65.6 Å². The normalized spacial score (nSPS) is 22.9. The number of cyclic esters (lactones) is 1. The van der Waals surface area contributed by atoms with Crippen LogP contribution >= 0.6 is 22.9 Å². The standard InChI is InChI=1S/C66H62ClF4N11O11S/c1-5-66(40-19-47-54-38(25-82(47)60(86)39(40)28-90-62(66)88)52-44(74-48(84)26-83)12-10-34-32(4)43(70)20-45(75-54)51(34)52)93-61(87)46-8-6-15-81(46)64(89)91-27-30(2)59(85)78-16-17-80(31(3)23-78)58-36-18-41(67)50(35-9-11-42(69)56-49(35)37(22-72)57(73)94-56)53(71)55(36)76-63(77-58)92-29-65-13-7-14-79(65)24-33(68)21-65/h9,11,18-20,31,33,44,46,83H,2,5-8,10,12-17,21,23-29,73H2,1,3-4H3,(H,74,84)/t31-,33+,44-,46-,65?,66-/m0/s1. The van der Waals surface area contributed by atoms with Gasteiger partial charge in [0, 0.05) is 89.7 Å². The number of carbonyl (C=O) groups excluding carboxylic acids is 5. The van der Waals surface area contributed by atoms with Gasteiger partial charge < -0.3 is 49.5 Å². The number of alkyl halides is 1. The maximum absolute atomic E-state index is 17.6. The zero-order valence-corrected chi connectivity index (χ0v) is 52.8. The summed E-state index contributed by atoms with van der Waals surface area (Å²) in [7, 11) is 0. The van der Waals surface area contributed by atoms with Crippen LogP contribution in [0.5, 0.6) is 6.01 Å². The minimum absolute atomic E-state index is 0.00647. The predicted octanol–water partition coefficient (Wildman–Crippen LogP) is 8.23. The first kappa shape index (κ1) is 62.5. The number of rotatable bonds is 13. The Morgan fingerprint density at radius 3 is 2.59 bits per heavy atom. The molecule has 10 heterocycles. The fourth-order valence-electron chi connectivity index (χ4n) is 15.4. The van der Waals surface area contributed by atoms with E-state index in [1.54, 1.807) is 19.9 Å². The van der Waals surface area contributed by atoms with Crippen LogP contribution in [0.3, 0.4) is 0 Å². The summed E-state index contributed by atoms with van der Waals surface area (Å²) >= 11 is 7.85. The monoisotopic (exact) mass is 1330 g/mol. The molecule has 22 nitrogen and oxygen atoms in total. The summed E-state index contributed by atoms with van der Waals surface area (Å²) in [6, 6.07) is 6.16. The summed E-state index contributed by atoms with van der Waals surface area (Å²) in [6.07, 6.45) is 0.717. The van der Waals surface area contributed by atoms with Gasteiger partial charge in [0.2, 0.25) is 11.5 Å². The highest BCUT2D eigenvalue weighted by Gasteiger charge is 2.53. The van der Waals surface area contributed by atoms with Gasteiger partial charge in [0.25, 0.3) is 11.5 Å². The summed E-state index contributed by atoms with van der Waals surface area (Å²) in [6.45, 7) is 8.46. The lowest BCUT2D eigenvalue weighted by atomic mass is 9.81. The number of fused-ring (bicyclic) bond motifs is 8. The SMILES string of the molecule is C=C(COC(=O)N1CCC[C@H]1C(=O)O[C@]1(CC)C(=O)OCc2c1cc1n(c2=O)Cc2c-1nc1cc(F)c(C)c3c1c2[C@@H](NC(=O)CO)CC3)C(=O)N1CCN(c2nc(OCC34CCCN3C[C@H](F)C4)nc3c(F)c(-c4ccc(F)c5sc(N)c(C#N)c45)c(Cl)cc23)[C@@H](C)C1. The van der Waals surface area contributed by atoms with Gasteiger partial charge in [-0.1, -0.05) is 31.2 Å². The van der Waals surface area contributed by atoms with Crippen molar-refractivity contribution in [2.45, 2.75) is 121 Å². The second-order valence-electron chi connectivity index (χ2n) is 25.2. The van der Waals surface area contributed by atoms with E-state index in [-0.39, 0.29) is 158 Å². The molecule has 28 heteroatoms. The first-order valence-corrected chi connectivity index (χ1v) is 32.3. The average Bonchev–Trinajstić information content (AvgIpc) is 1.47. The highest BCUT2D eigenvalue weighted by Crippen LogP contribution is 2.50. The number of amides is 3. The smallest absolute Gasteiger partial charge is 0.410 e. The van der Waals surface area contributed by atoms with Crippen LogP contribution in [0.4, 0.5) is 33.2 Å². The molecule has 0 saturated carbocycles. The zero-order chi connectivity index (χ0) is 66.1. The molecular weight excluding hydrogens is 1270 g/mol. The van der Waals surface area contributed by atoms with Gasteiger partial charge in [0.15, 0.2) is 5.82 Å². The molecule has 6 aliphatic heterocycles. The zero-order valence-electron chi connectivity index (χ0n) is 51.3. The lowest BCUT2D eigenvalue weighted by Gasteiger charge is -2.41. The lowest BCUT2D eigenvalue weighted by Crippen LogP contribution is -2.54. The number of nitrogens with zero attached hydrogens (tertiary/aromatic N) is 9. The average molecular weight is 1330 g/mol. The van der Waals surface area contributed by atoms with Crippen LogP contribution < -0.4 is 26.2 Å². The van der Waals surface area contributed by atoms with Crippen LogP contribution in [-0.4, -0.2) is 152 Å². The number of pyridine rings is 2. The van der Waals surface area contributed by atoms with Gasteiger partial charge in [-0.05, 0) is 106 Å². The third-order valence-corrected chi connectivity index (χ3v) is 21.3. The molecule has 0 spiro atoms. The largest absolute Gasteiger partial charge is 0.461 e. The number of thiophene rings is 1. The van der Waals surface area contributed by atoms with Crippen LogP contribution in [-0.2, 0) is 58.6 Å². The Balaban J connectivity index is 0.684. The number of nitrogens with one attached hydrogen (secondary N) is 1. The minimum atomic E-state index is -2.18. The number of carbonyl (C=O) groups is 5. The molecule has 7 aromatic rings. The van der Waals surface area contributed by atoms with Crippen molar-refractivity contribution >= 4 is 95.5 Å². The van der Waals surface area contributed by atoms with Crippen LogP contribution in [0.2, 0.25) is 5.02 Å². The number of nitrogens with two attached hydrogens (primary N) is 1. The minimum Gasteiger partial charge on any atom is -0.461 e. The molecule has 1 aliphatic carbocycles. The number of nitriles is 1. The molecular formula is C66H62ClF4N11O11S. The molecule has 1 unspecified atom stereocenters. The van der Waals surface area contributed by atoms with Gasteiger partial charge >= 0.3 is 24.0 Å². The van der Waals surface area contributed by atoms with Crippen molar-refractivity contribution in [1.29, 1.82) is 5.26 Å². The fourth-order valence-corrected chi connectivity index (χ4v) is 16.6. The van der Waals surface area contributed by atoms with E-state index < -0.39 is 108 Å². The van der Waals surface area contributed by atoms with Gasteiger partial charge in [-0.25, -0.2) is 36.9 Å². The molecule has 0 radical (unpaired) electrons. The molecule has 4 aromatic heterocycles. The Morgan fingerprint density at radius 2 is 1.82 bits per heavy atom. The molecule has 6 atom stereocenters. The highest BCUT2D eigenvalue weighted by molar-refractivity contribution is 7.23. The number of piperazine rings is 1. The van der Waals surface area contributed by atoms with Crippen molar-refractivity contribution in [3.8, 4) is 34.6 Å². The number of hydrogen-bond acceptors (Lipinski definition) is 19. The van der Waals surface area contributed by atoms with Gasteiger partial charge in [0.05, 0.1) is 55.9 Å². The number of aryl methyl sites for hydroxylation is 1. The first-order valence-electron chi connectivity index (χ1n) is 31.1. The molecule has 4 fully saturated rings. The molecule has 4 N–H and O–H groups in total. The summed E-state index contributed by atoms with van der Waals surface area (Å²) in [4.78, 5) is 105. The van der Waals surface area contributed by atoms with E-state index in [9.17, 15) is 43.5 Å². The second-order valence-corrected chi connectivity index (χ2v) is 26.7. The Hall–Kier alpha value is -8.97. The number of benzene rings is 3. The maximum Gasteiger partial charge on any atom is 0.410 e. The van der Waals surface area contributed by atoms with Crippen molar-refractivity contribution in [3.05, 3.63) is 114 Å². The Labute approximate surface area is 542 Å². The topological polar surface area (TPSA) is 278 Å². The Kier molecular flexibility index (Phi) is 15.6.